The Morgan fingerprint density at radius 2 is 2.22 bits per heavy atom. The van der Waals surface area contributed by atoms with Crippen molar-refractivity contribution in [3.8, 4) is 0 Å². The number of hydrogen-bond donors (Lipinski definition) is 0. The van der Waals surface area contributed by atoms with Crippen molar-refractivity contribution in [2.45, 2.75) is 32.4 Å². The molecule has 1 nitrogen and oxygen atoms in total. The van der Waals surface area contributed by atoms with Gasteiger partial charge in [0, 0.05) is 0 Å². The van der Waals surface area contributed by atoms with Crippen molar-refractivity contribution < 1.29 is 4.74 Å². The number of allylic oxidation sites excluding steroid dienone is 1. The van der Waals surface area contributed by atoms with Gasteiger partial charge in [0.2, 0.25) is 0 Å². The van der Waals surface area contributed by atoms with Crippen molar-refractivity contribution in [1.29, 1.82) is 0 Å². The fraction of sp³-hybridized carbons (Fsp3) is 0.714. The minimum Gasteiger partial charge on any atom is -0.496 e. The lowest BCUT2D eigenvalue weighted by Crippen LogP contribution is -2.21. The highest BCUT2D eigenvalue weighted by Gasteiger charge is 2.16. The summed E-state index contributed by atoms with van der Waals surface area (Å²) in [4.78, 5) is 0. The zero-order valence-corrected chi connectivity index (χ0v) is 7.76. The molecule has 0 bridgehead atoms. The smallest absolute Gasteiger partial charge is 0.0953 e. The van der Waals surface area contributed by atoms with Crippen LogP contribution in [0.5, 0.6) is 0 Å². The maximum absolute atomic E-state index is 5.49. The highest BCUT2D eigenvalue weighted by atomic mass is 28.2. The van der Waals surface area contributed by atoms with E-state index in [2.05, 4.69) is 26.5 Å². The van der Waals surface area contributed by atoms with Crippen LogP contribution in [-0.4, -0.2) is 15.6 Å². The fourth-order valence-corrected chi connectivity index (χ4v) is 2.28. The highest BCUT2D eigenvalue weighted by molar-refractivity contribution is 6.44. The maximum Gasteiger partial charge on any atom is 0.0953 e. The topological polar surface area (TPSA) is 9.23 Å². The zero-order valence-electron chi connectivity index (χ0n) is 6.35. The molecule has 0 saturated heterocycles. The summed E-state index contributed by atoms with van der Waals surface area (Å²) in [5.74, 6) is 1.15. The second-order valence-corrected chi connectivity index (χ2v) is 5.02. The minimum atomic E-state index is 0.0509. The highest BCUT2D eigenvalue weighted by Crippen LogP contribution is 2.20. The third-order valence-corrected chi connectivity index (χ3v) is 4.17. The molecular weight excluding hydrogens is 128 g/mol. The summed E-state index contributed by atoms with van der Waals surface area (Å²) in [5, 5.41) is 0. The average molecular weight is 142 g/mol. The van der Waals surface area contributed by atoms with Crippen LogP contribution in [0.15, 0.2) is 11.5 Å². The molecule has 0 fully saturated rings. The largest absolute Gasteiger partial charge is 0.496 e. The Kier molecular flexibility index (Phi) is 1.96. The summed E-state index contributed by atoms with van der Waals surface area (Å²) >= 11 is 0. The van der Waals surface area contributed by atoms with E-state index >= 15 is 0 Å². The van der Waals surface area contributed by atoms with Gasteiger partial charge in [0.1, 0.15) is 0 Å². The lowest BCUT2D eigenvalue weighted by Gasteiger charge is -2.25. The van der Waals surface area contributed by atoms with Gasteiger partial charge >= 0.3 is 0 Å². The van der Waals surface area contributed by atoms with Gasteiger partial charge in [0.25, 0.3) is 0 Å². The van der Waals surface area contributed by atoms with Crippen molar-refractivity contribution in [1.82, 2.24) is 0 Å². The van der Waals surface area contributed by atoms with Crippen LogP contribution >= 0.6 is 0 Å². The monoisotopic (exact) mass is 142 g/mol. The van der Waals surface area contributed by atoms with E-state index in [0.717, 1.165) is 11.3 Å². The first-order chi connectivity index (χ1) is 4.20. The molecule has 0 spiro atoms. The summed E-state index contributed by atoms with van der Waals surface area (Å²) < 4.78 is 5.49. The van der Waals surface area contributed by atoms with E-state index in [1.807, 2.05) is 0 Å². The van der Waals surface area contributed by atoms with Gasteiger partial charge in [-0.05, 0) is 19.4 Å². The molecule has 1 aliphatic heterocycles. The standard InChI is InChI=1S/C7H14OSi/c1-5-4-9-7(3)6(2)8-5/h4,6-7H,9H2,1-3H3. The third kappa shape index (κ3) is 1.58. The second kappa shape index (κ2) is 2.56. The summed E-state index contributed by atoms with van der Waals surface area (Å²) in [5.41, 5.74) is 3.12. The molecule has 0 aromatic rings. The van der Waals surface area contributed by atoms with Crippen LogP contribution in [0.3, 0.4) is 0 Å². The lowest BCUT2D eigenvalue weighted by atomic mass is 10.3. The van der Waals surface area contributed by atoms with Crippen LogP contribution in [-0.2, 0) is 4.74 Å². The molecule has 1 heterocycles. The van der Waals surface area contributed by atoms with Crippen molar-refractivity contribution in [3.63, 3.8) is 0 Å². The van der Waals surface area contributed by atoms with Gasteiger partial charge in [-0.25, -0.2) is 0 Å². The molecule has 2 heteroatoms. The molecule has 9 heavy (non-hydrogen) atoms. The van der Waals surface area contributed by atoms with E-state index in [9.17, 15) is 0 Å². The molecule has 2 atom stereocenters. The Hall–Kier alpha value is -0.243. The van der Waals surface area contributed by atoms with Crippen LogP contribution in [0.2, 0.25) is 5.54 Å². The van der Waals surface area contributed by atoms with Gasteiger partial charge in [-0.2, -0.15) is 0 Å². The van der Waals surface area contributed by atoms with Crippen LogP contribution in [0.25, 0.3) is 0 Å². The van der Waals surface area contributed by atoms with Crippen molar-refractivity contribution in [3.05, 3.63) is 11.5 Å². The van der Waals surface area contributed by atoms with Crippen LogP contribution in [0, 0.1) is 0 Å². The van der Waals surface area contributed by atoms with Gasteiger partial charge in [0.15, 0.2) is 0 Å². The summed E-state index contributed by atoms with van der Waals surface area (Å²) in [6.45, 7) is 6.49. The van der Waals surface area contributed by atoms with Crippen molar-refractivity contribution in [2.24, 2.45) is 0 Å². The van der Waals surface area contributed by atoms with E-state index in [1.54, 1.807) is 0 Å². The molecule has 0 saturated carbocycles. The summed E-state index contributed by atoms with van der Waals surface area (Å²) in [6, 6.07) is 0. The molecule has 1 aliphatic rings. The lowest BCUT2D eigenvalue weighted by molar-refractivity contribution is 0.125. The molecule has 0 aromatic heterocycles. The molecule has 0 N–H and O–H groups in total. The molecule has 0 aliphatic carbocycles. The number of ether oxygens (including phenoxy) is 1. The van der Waals surface area contributed by atoms with E-state index in [0.29, 0.717) is 6.10 Å². The first-order valence-electron chi connectivity index (χ1n) is 3.53. The normalized spacial score (nSPS) is 37.9. The Bertz CT molecular complexity index is 131. The molecule has 0 radical (unpaired) electrons. The van der Waals surface area contributed by atoms with Gasteiger partial charge in [-0.1, -0.05) is 12.6 Å². The van der Waals surface area contributed by atoms with Gasteiger partial charge in [0.05, 0.1) is 21.4 Å². The first kappa shape index (κ1) is 6.87. The van der Waals surface area contributed by atoms with Crippen LogP contribution in [0.4, 0.5) is 0 Å². The average Bonchev–Trinajstić information content (AvgIpc) is 1.80. The quantitative estimate of drug-likeness (QED) is 0.462. The molecule has 2 unspecified atom stereocenters. The van der Waals surface area contributed by atoms with Gasteiger partial charge < -0.3 is 4.74 Å². The summed E-state index contributed by atoms with van der Waals surface area (Å²) in [6.07, 6.45) is 0.474. The molecule has 0 amide bonds. The predicted octanol–water partition coefficient (Wildman–Crippen LogP) is 1.24. The number of hydrogen-bond acceptors (Lipinski definition) is 1. The SMILES string of the molecule is CC1=C[SiH2]C(C)C(C)O1. The van der Waals surface area contributed by atoms with Gasteiger partial charge in [-0.15, -0.1) is 0 Å². The fourth-order valence-electron chi connectivity index (χ4n) is 1.00. The van der Waals surface area contributed by atoms with Gasteiger partial charge in [-0.3, -0.25) is 0 Å². The molecule has 1 rings (SSSR count). The van der Waals surface area contributed by atoms with Crippen molar-refractivity contribution >= 4 is 9.52 Å². The van der Waals surface area contributed by atoms with E-state index < -0.39 is 0 Å². The molecule has 0 aromatic carbocycles. The van der Waals surface area contributed by atoms with Crippen molar-refractivity contribution in [2.75, 3.05) is 0 Å². The van der Waals surface area contributed by atoms with E-state index in [1.165, 1.54) is 0 Å². The third-order valence-electron chi connectivity index (χ3n) is 1.95. The minimum absolute atomic E-state index is 0.0509. The maximum atomic E-state index is 5.49. The zero-order chi connectivity index (χ0) is 6.85. The molecular formula is C7H14OSi. The van der Waals surface area contributed by atoms with E-state index in [4.69, 9.17) is 4.74 Å². The predicted molar refractivity (Wildman–Crippen MR) is 42.3 cm³/mol. The number of rotatable bonds is 0. The first-order valence-corrected chi connectivity index (χ1v) is 5.17. The van der Waals surface area contributed by atoms with Crippen LogP contribution < -0.4 is 0 Å². The Balaban J connectivity index is 2.54. The Labute approximate surface area is 58.9 Å². The second-order valence-electron chi connectivity index (χ2n) is 2.85. The van der Waals surface area contributed by atoms with Crippen LogP contribution in [0.1, 0.15) is 20.8 Å². The van der Waals surface area contributed by atoms with E-state index in [-0.39, 0.29) is 9.52 Å². The molecule has 52 valence electrons. The summed E-state index contributed by atoms with van der Waals surface area (Å²) in [7, 11) is 0.0509. The Morgan fingerprint density at radius 1 is 1.56 bits per heavy atom. The Morgan fingerprint density at radius 3 is 2.67 bits per heavy atom.